The summed E-state index contributed by atoms with van der Waals surface area (Å²) in [6.07, 6.45) is 5.16. The minimum Gasteiger partial charge on any atom is -0.397 e. The van der Waals surface area contributed by atoms with Gasteiger partial charge in [0.2, 0.25) is 0 Å². The molecule has 100 valence electrons. The van der Waals surface area contributed by atoms with Crippen LogP contribution in [0.3, 0.4) is 0 Å². The van der Waals surface area contributed by atoms with Gasteiger partial charge in [-0.05, 0) is 36.8 Å². The van der Waals surface area contributed by atoms with Gasteiger partial charge in [0.1, 0.15) is 0 Å². The highest BCUT2D eigenvalue weighted by Crippen LogP contribution is 2.48. The number of rotatable bonds is 4. The standard InChI is InChI=1S/C14H18N4O/c1-2-14(3-4-14)7-16-12-6-11-9(5-10(12)15)13(19)18-8-17-11/h5-6,8,16H,2-4,7,15H2,1H3,(H,17,18,19). The summed E-state index contributed by atoms with van der Waals surface area (Å²) in [4.78, 5) is 18.4. The lowest BCUT2D eigenvalue weighted by Gasteiger charge is -2.16. The van der Waals surface area contributed by atoms with Gasteiger partial charge in [-0.15, -0.1) is 0 Å². The lowest BCUT2D eigenvalue weighted by Crippen LogP contribution is -2.16. The van der Waals surface area contributed by atoms with E-state index < -0.39 is 0 Å². The van der Waals surface area contributed by atoms with Crippen LogP contribution in [0, 0.1) is 5.41 Å². The van der Waals surface area contributed by atoms with E-state index in [-0.39, 0.29) is 5.56 Å². The molecule has 1 fully saturated rings. The number of benzene rings is 1. The molecule has 0 aliphatic heterocycles. The highest BCUT2D eigenvalue weighted by atomic mass is 16.1. The summed E-state index contributed by atoms with van der Waals surface area (Å²) in [7, 11) is 0. The first-order valence-corrected chi connectivity index (χ1v) is 6.64. The molecule has 0 bridgehead atoms. The molecule has 5 nitrogen and oxygen atoms in total. The summed E-state index contributed by atoms with van der Waals surface area (Å²) in [5.74, 6) is 0. The van der Waals surface area contributed by atoms with Crippen LogP contribution in [-0.4, -0.2) is 16.5 Å². The third kappa shape index (κ3) is 2.16. The molecule has 1 aromatic carbocycles. The van der Waals surface area contributed by atoms with E-state index >= 15 is 0 Å². The Balaban J connectivity index is 1.91. The van der Waals surface area contributed by atoms with Crippen molar-refractivity contribution in [3.8, 4) is 0 Å². The third-order valence-corrected chi connectivity index (χ3v) is 4.17. The zero-order valence-corrected chi connectivity index (χ0v) is 11.0. The number of nitrogens with two attached hydrogens (primary N) is 1. The van der Waals surface area contributed by atoms with Crippen LogP contribution >= 0.6 is 0 Å². The second-order valence-electron chi connectivity index (χ2n) is 5.40. The quantitative estimate of drug-likeness (QED) is 0.733. The molecule has 2 aromatic rings. The van der Waals surface area contributed by atoms with Gasteiger partial charge in [-0.1, -0.05) is 6.92 Å². The van der Waals surface area contributed by atoms with Crippen molar-refractivity contribution in [2.75, 3.05) is 17.6 Å². The van der Waals surface area contributed by atoms with E-state index in [1.165, 1.54) is 25.6 Å². The van der Waals surface area contributed by atoms with Gasteiger partial charge in [-0.3, -0.25) is 4.79 Å². The van der Waals surface area contributed by atoms with Crippen molar-refractivity contribution < 1.29 is 0 Å². The highest BCUT2D eigenvalue weighted by molar-refractivity contribution is 5.88. The maximum absolute atomic E-state index is 11.6. The first-order valence-electron chi connectivity index (χ1n) is 6.64. The van der Waals surface area contributed by atoms with E-state index in [0.29, 0.717) is 22.0 Å². The number of H-pyrrole nitrogens is 1. The summed E-state index contributed by atoms with van der Waals surface area (Å²) in [5.41, 5.74) is 8.42. The number of aromatic amines is 1. The lowest BCUT2D eigenvalue weighted by atomic mass is 10.0. The topological polar surface area (TPSA) is 83.8 Å². The average Bonchev–Trinajstić information content (AvgIpc) is 3.18. The van der Waals surface area contributed by atoms with Gasteiger partial charge in [0.05, 0.1) is 28.6 Å². The van der Waals surface area contributed by atoms with Crippen LogP contribution in [0.1, 0.15) is 26.2 Å². The van der Waals surface area contributed by atoms with E-state index in [2.05, 4.69) is 22.2 Å². The normalized spacial score (nSPS) is 16.5. The minimum atomic E-state index is -0.157. The maximum Gasteiger partial charge on any atom is 0.258 e. The summed E-state index contributed by atoms with van der Waals surface area (Å²) in [6, 6.07) is 3.54. The Kier molecular flexibility index (Phi) is 2.69. The number of anilines is 2. The van der Waals surface area contributed by atoms with Gasteiger partial charge < -0.3 is 16.0 Å². The van der Waals surface area contributed by atoms with Crippen molar-refractivity contribution in [2.45, 2.75) is 26.2 Å². The largest absolute Gasteiger partial charge is 0.397 e. The van der Waals surface area contributed by atoms with Crippen LogP contribution in [0.25, 0.3) is 10.9 Å². The van der Waals surface area contributed by atoms with Gasteiger partial charge in [0.25, 0.3) is 5.56 Å². The van der Waals surface area contributed by atoms with Crippen molar-refractivity contribution in [2.24, 2.45) is 5.41 Å². The number of fused-ring (bicyclic) bond motifs is 1. The van der Waals surface area contributed by atoms with Crippen molar-refractivity contribution in [3.63, 3.8) is 0 Å². The fraction of sp³-hybridized carbons (Fsp3) is 0.429. The van der Waals surface area contributed by atoms with E-state index in [1.54, 1.807) is 6.07 Å². The second-order valence-corrected chi connectivity index (χ2v) is 5.40. The van der Waals surface area contributed by atoms with E-state index in [0.717, 1.165) is 12.2 Å². The highest BCUT2D eigenvalue weighted by Gasteiger charge is 2.40. The molecule has 5 heteroatoms. The molecule has 0 saturated heterocycles. The van der Waals surface area contributed by atoms with Crippen molar-refractivity contribution in [1.82, 2.24) is 9.97 Å². The number of nitrogens with one attached hydrogen (secondary N) is 2. The lowest BCUT2D eigenvalue weighted by molar-refractivity contribution is 0.521. The molecule has 0 unspecified atom stereocenters. The molecule has 1 aromatic heterocycles. The van der Waals surface area contributed by atoms with Gasteiger partial charge >= 0.3 is 0 Å². The molecule has 1 aliphatic carbocycles. The zero-order chi connectivity index (χ0) is 13.5. The summed E-state index contributed by atoms with van der Waals surface area (Å²) >= 11 is 0. The monoisotopic (exact) mass is 258 g/mol. The molecular formula is C14H18N4O. The van der Waals surface area contributed by atoms with E-state index in [1.807, 2.05) is 6.07 Å². The fourth-order valence-electron chi connectivity index (χ4n) is 2.40. The number of hydrogen-bond acceptors (Lipinski definition) is 4. The van der Waals surface area contributed by atoms with E-state index in [9.17, 15) is 4.79 Å². The Morgan fingerprint density at radius 1 is 1.47 bits per heavy atom. The van der Waals surface area contributed by atoms with Crippen molar-refractivity contribution >= 4 is 22.3 Å². The van der Waals surface area contributed by atoms with Gasteiger partial charge in [0.15, 0.2) is 0 Å². The molecule has 0 atom stereocenters. The molecule has 0 radical (unpaired) electrons. The molecule has 1 heterocycles. The van der Waals surface area contributed by atoms with Crippen LogP contribution in [0.15, 0.2) is 23.3 Å². The summed E-state index contributed by atoms with van der Waals surface area (Å²) < 4.78 is 0. The van der Waals surface area contributed by atoms with E-state index in [4.69, 9.17) is 5.73 Å². The molecule has 19 heavy (non-hydrogen) atoms. The predicted octanol–water partition coefficient (Wildman–Crippen LogP) is 2.11. The predicted molar refractivity (Wildman–Crippen MR) is 77.2 cm³/mol. The molecule has 3 rings (SSSR count). The molecule has 0 spiro atoms. The zero-order valence-electron chi connectivity index (χ0n) is 11.0. The molecule has 1 saturated carbocycles. The van der Waals surface area contributed by atoms with Crippen LogP contribution < -0.4 is 16.6 Å². The smallest absolute Gasteiger partial charge is 0.258 e. The number of aromatic nitrogens is 2. The summed E-state index contributed by atoms with van der Waals surface area (Å²) in [6.45, 7) is 3.15. The number of hydrogen-bond donors (Lipinski definition) is 3. The molecular weight excluding hydrogens is 240 g/mol. The van der Waals surface area contributed by atoms with Crippen molar-refractivity contribution in [3.05, 3.63) is 28.8 Å². The second kappa shape index (κ2) is 4.26. The fourth-order valence-corrected chi connectivity index (χ4v) is 2.40. The van der Waals surface area contributed by atoms with Crippen LogP contribution in [-0.2, 0) is 0 Å². The van der Waals surface area contributed by atoms with Crippen LogP contribution in [0.2, 0.25) is 0 Å². The van der Waals surface area contributed by atoms with Gasteiger partial charge in [0, 0.05) is 6.54 Å². The Bertz CT molecular complexity index is 673. The maximum atomic E-state index is 11.6. The van der Waals surface area contributed by atoms with Crippen molar-refractivity contribution in [1.29, 1.82) is 0 Å². The first kappa shape index (κ1) is 12.0. The molecule has 1 aliphatic rings. The molecule has 0 amide bonds. The third-order valence-electron chi connectivity index (χ3n) is 4.17. The first-order chi connectivity index (χ1) is 9.13. The minimum absolute atomic E-state index is 0.157. The average molecular weight is 258 g/mol. The number of nitrogens with zero attached hydrogens (tertiary/aromatic N) is 1. The SMILES string of the molecule is CCC1(CNc2cc3nc[nH]c(=O)c3cc2N)CC1. The Morgan fingerprint density at radius 2 is 2.26 bits per heavy atom. The van der Waals surface area contributed by atoms with Crippen LogP contribution in [0.5, 0.6) is 0 Å². The summed E-state index contributed by atoms with van der Waals surface area (Å²) in [5, 5.41) is 3.93. The Labute approximate surface area is 111 Å². The Morgan fingerprint density at radius 3 is 2.95 bits per heavy atom. The van der Waals surface area contributed by atoms with Crippen LogP contribution in [0.4, 0.5) is 11.4 Å². The Hall–Kier alpha value is -2.04. The van der Waals surface area contributed by atoms with Gasteiger partial charge in [-0.25, -0.2) is 4.98 Å². The molecule has 4 N–H and O–H groups in total. The number of nitrogen functional groups attached to an aromatic ring is 1. The van der Waals surface area contributed by atoms with Gasteiger partial charge in [-0.2, -0.15) is 0 Å².